The number of phenols is 1. The molecule has 5 nitrogen and oxygen atoms in total. The third kappa shape index (κ3) is 3.97. The van der Waals surface area contributed by atoms with Crippen LogP contribution in [-0.2, 0) is 0 Å². The highest BCUT2D eigenvalue weighted by molar-refractivity contribution is 5.87. The average Bonchev–Trinajstić information content (AvgIpc) is 2.36. The molecule has 0 amide bonds. The van der Waals surface area contributed by atoms with E-state index < -0.39 is 0 Å². The third-order valence-electron chi connectivity index (χ3n) is 3.07. The topological polar surface area (TPSA) is 85.3 Å². The zero-order valence-corrected chi connectivity index (χ0v) is 13.1. The van der Waals surface area contributed by atoms with Gasteiger partial charge in [-0.05, 0) is 38.5 Å². The normalized spacial score (nSPS) is 13.0. The first kappa shape index (κ1) is 17.5. The number of pyridine rings is 1. The lowest BCUT2D eigenvalue weighted by Gasteiger charge is -2.28. The molecule has 0 bridgehead atoms. The van der Waals surface area contributed by atoms with Crippen LogP contribution in [0.15, 0.2) is 29.1 Å². The van der Waals surface area contributed by atoms with Crippen LogP contribution in [0.2, 0.25) is 0 Å². The van der Waals surface area contributed by atoms with Gasteiger partial charge in [0.1, 0.15) is 5.75 Å². The van der Waals surface area contributed by atoms with Crippen molar-refractivity contribution in [3.05, 3.63) is 40.2 Å². The predicted octanol–water partition coefficient (Wildman–Crippen LogP) is 2.08. The molecule has 0 saturated heterocycles. The molecule has 0 radical (unpaired) electrons. The maximum atomic E-state index is 11.4. The highest BCUT2D eigenvalue weighted by Crippen LogP contribution is 2.29. The van der Waals surface area contributed by atoms with Crippen molar-refractivity contribution in [3.8, 4) is 5.75 Å². The number of nitrogens with one attached hydrogen (secondary N) is 2. The number of hydrogen-bond donors (Lipinski definition) is 4. The summed E-state index contributed by atoms with van der Waals surface area (Å²) in [6, 6.07) is 6.09. The lowest BCUT2D eigenvalue weighted by Crippen LogP contribution is -2.40. The molecule has 1 aromatic heterocycles. The quantitative estimate of drug-likeness (QED) is 0.699. The maximum absolute atomic E-state index is 11.4. The summed E-state index contributed by atoms with van der Waals surface area (Å²) in [4.78, 5) is 14.0. The van der Waals surface area contributed by atoms with Crippen molar-refractivity contribution in [1.29, 1.82) is 0 Å². The number of hydrogen-bond acceptors (Lipinski definition) is 4. The zero-order valence-electron chi connectivity index (χ0n) is 12.3. The lowest BCUT2D eigenvalue weighted by molar-refractivity contribution is 0.218. The van der Waals surface area contributed by atoms with Gasteiger partial charge in [-0.3, -0.25) is 4.79 Å². The molecule has 1 heterocycles. The van der Waals surface area contributed by atoms with Gasteiger partial charge >= 0.3 is 0 Å². The smallest absolute Gasteiger partial charge is 0.248 e. The maximum Gasteiger partial charge on any atom is 0.248 e. The fraction of sp³-hybridized carbons (Fsp3) is 0.400. The molecule has 6 heteroatoms. The molecule has 21 heavy (non-hydrogen) atoms. The van der Waals surface area contributed by atoms with E-state index in [2.05, 4.69) is 10.3 Å². The third-order valence-corrected chi connectivity index (χ3v) is 3.07. The van der Waals surface area contributed by atoms with Crippen LogP contribution in [0.5, 0.6) is 5.75 Å². The molecule has 0 spiro atoms. The number of aliphatic hydroxyl groups is 1. The van der Waals surface area contributed by atoms with Gasteiger partial charge in [0.05, 0.1) is 18.2 Å². The van der Waals surface area contributed by atoms with Crippen LogP contribution in [0.3, 0.4) is 0 Å². The van der Waals surface area contributed by atoms with Crippen molar-refractivity contribution >= 4 is 23.3 Å². The van der Waals surface area contributed by atoms with Crippen LogP contribution in [-0.4, -0.2) is 27.3 Å². The van der Waals surface area contributed by atoms with E-state index in [4.69, 9.17) is 0 Å². The Morgan fingerprint density at radius 3 is 2.48 bits per heavy atom. The van der Waals surface area contributed by atoms with Crippen molar-refractivity contribution < 1.29 is 10.2 Å². The highest BCUT2D eigenvalue weighted by Gasteiger charge is 2.20. The molecule has 2 rings (SSSR count). The second kappa shape index (κ2) is 6.47. The number of rotatable bonds is 3. The van der Waals surface area contributed by atoms with Crippen molar-refractivity contribution in [3.63, 3.8) is 0 Å². The first-order valence-electron chi connectivity index (χ1n) is 6.55. The van der Waals surface area contributed by atoms with Crippen LogP contribution in [0, 0.1) is 0 Å². The highest BCUT2D eigenvalue weighted by atomic mass is 35.5. The molecule has 0 aliphatic heterocycles. The predicted molar refractivity (Wildman–Crippen MR) is 86.2 cm³/mol. The van der Waals surface area contributed by atoms with Gasteiger partial charge in [-0.15, -0.1) is 12.4 Å². The molecule has 0 saturated carbocycles. The number of halogens is 1. The number of phenolic OH excluding ortho intramolecular Hbond substituents is 1. The van der Waals surface area contributed by atoms with E-state index in [-0.39, 0.29) is 41.9 Å². The number of aromatic hydroxyl groups is 1. The van der Waals surface area contributed by atoms with E-state index in [1.54, 1.807) is 12.1 Å². The van der Waals surface area contributed by atoms with E-state index in [1.165, 1.54) is 12.1 Å². The van der Waals surface area contributed by atoms with Crippen molar-refractivity contribution in [2.24, 2.45) is 0 Å². The van der Waals surface area contributed by atoms with Gasteiger partial charge in [0.15, 0.2) is 0 Å². The van der Waals surface area contributed by atoms with E-state index in [0.29, 0.717) is 5.52 Å². The minimum atomic E-state index is -0.274. The summed E-state index contributed by atoms with van der Waals surface area (Å²) in [6.07, 6.45) is 0. The summed E-state index contributed by atoms with van der Waals surface area (Å²) < 4.78 is 0. The summed E-state index contributed by atoms with van der Waals surface area (Å²) in [5.41, 5.74) is 0.796. The van der Waals surface area contributed by atoms with Crippen molar-refractivity contribution in [1.82, 2.24) is 10.3 Å². The van der Waals surface area contributed by atoms with Crippen molar-refractivity contribution in [2.75, 3.05) is 6.61 Å². The minimum absolute atomic E-state index is 0. The summed E-state index contributed by atoms with van der Waals surface area (Å²) in [5, 5.41) is 23.5. The summed E-state index contributed by atoms with van der Waals surface area (Å²) in [5.74, 6) is 0.0221. The Hall–Kier alpha value is -1.56. The van der Waals surface area contributed by atoms with E-state index in [1.807, 2.05) is 20.8 Å². The molecular formula is C15H21ClN2O3. The van der Waals surface area contributed by atoms with Gasteiger partial charge in [0.2, 0.25) is 5.56 Å². The van der Waals surface area contributed by atoms with E-state index >= 15 is 0 Å². The van der Waals surface area contributed by atoms with Crippen LogP contribution >= 0.6 is 12.4 Å². The fourth-order valence-corrected chi connectivity index (χ4v) is 2.31. The first-order chi connectivity index (χ1) is 9.31. The molecule has 0 aliphatic carbocycles. The van der Waals surface area contributed by atoms with Gasteiger partial charge < -0.3 is 20.5 Å². The van der Waals surface area contributed by atoms with Crippen LogP contribution in [0.25, 0.3) is 10.9 Å². The lowest BCUT2D eigenvalue weighted by atomic mass is 9.98. The molecular weight excluding hydrogens is 292 g/mol. The van der Waals surface area contributed by atoms with Gasteiger partial charge in [-0.1, -0.05) is 6.07 Å². The van der Waals surface area contributed by atoms with Gasteiger partial charge in [-0.25, -0.2) is 0 Å². The molecule has 1 aromatic carbocycles. The Balaban J connectivity index is 0.00000220. The Labute approximate surface area is 129 Å². The molecule has 4 N–H and O–H groups in total. The molecule has 1 unspecified atom stereocenters. The molecule has 0 fully saturated rings. The first-order valence-corrected chi connectivity index (χ1v) is 6.55. The SMILES string of the molecule is CC(C)(C)NC(CO)c1ccc(O)c2[nH]c(=O)ccc12.Cl. The zero-order chi connectivity index (χ0) is 14.9. The number of aromatic amines is 1. The Kier molecular flexibility index (Phi) is 5.39. The van der Waals surface area contributed by atoms with E-state index in [9.17, 15) is 15.0 Å². The van der Waals surface area contributed by atoms with Crippen LogP contribution in [0.4, 0.5) is 0 Å². The van der Waals surface area contributed by atoms with Gasteiger partial charge in [0.25, 0.3) is 0 Å². The largest absolute Gasteiger partial charge is 0.506 e. The van der Waals surface area contributed by atoms with Gasteiger partial charge in [-0.2, -0.15) is 0 Å². The number of aromatic nitrogens is 1. The second-order valence-electron chi connectivity index (χ2n) is 5.91. The standard InChI is InChI=1S/C15H20N2O3.ClH/c1-15(2,3)17-11(8-18)9-4-6-12(19)14-10(9)5-7-13(20)16-14;/h4-7,11,17-19H,8H2,1-3H3,(H,16,20);1H. The summed E-state index contributed by atoms with van der Waals surface area (Å²) in [6.45, 7) is 5.97. The number of H-pyrrole nitrogens is 1. The fourth-order valence-electron chi connectivity index (χ4n) is 2.31. The summed E-state index contributed by atoms with van der Waals surface area (Å²) in [7, 11) is 0. The summed E-state index contributed by atoms with van der Waals surface area (Å²) >= 11 is 0. The Morgan fingerprint density at radius 1 is 1.24 bits per heavy atom. The second-order valence-corrected chi connectivity index (χ2v) is 5.91. The number of benzene rings is 1. The van der Waals surface area contributed by atoms with Crippen LogP contribution in [0.1, 0.15) is 32.4 Å². The number of fused-ring (bicyclic) bond motifs is 1. The minimum Gasteiger partial charge on any atom is -0.506 e. The molecule has 2 aromatic rings. The van der Waals surface area contributed by atoms with Crippen molar-refractivity contribution in [2.45, 2.75) is 32.4 Å². The monoisotopic (exact) mass is 312 g/mol. The molecule has 116 valence electrons. The van der Waals surface area contributed by atoms with Gasteiger partial charge in [0, 0.05) is 17.0 Å². The van der Waals surface area contributed by atoms with E-state index in [0.717, 1.165) is 10.9 Å². The number of aliphatic hydroxyl groups excluding tert-OH is 1. The molecule has 1 atom stereocenters. The molecule has 0 aliphatic rings. The van der Waals surface area contributed by atoms with Crippen LogP contribution < -0.4 is 10.9 Å². The Morgan fingerprint density at radius 2 is 1.90 bits per heavy atom. The average molecular weight is 313 g/mol. The Bertz CT molecular complexity index is 677.